The molecule has 108 valence electrons. The summed E-state index contributed by atoms with van der Waals surface area (Å²) >= 11 is 0. The van der Waals surface area contributed by atoms with E-state index in [4.69, 9.17) is 10.6 Å². The highest BCUT2D eigenvalue weighted by molar-refractivity contribution is 5.34. The van der Waals surface area contributed by atoms with Crippen molar-refractivity contribution in [2.75, 3.05) is 17.3 Å². The number of nitrogen functional groups attached to an aromatic ring is 1. The molecule has 0 bridgehead atoms. The molecular weight excluding hydrogens is 244 g/mol. The molecule has 0 fully saturated rings. The van der Waals surface area contributed by atoms with Gasteiger partial charge in [0.25, 0.3) is 0 Å². The van der Waals surface area contributed by atoms with Crippen LogP contribution in [0.3, 0.4) is 0 Å². The lowest BCUT2D eigenvalue weighted by atomic mass is 9.92. The third-order valence-electron chi connectivity index (χ3n) is 2.24. The predicted molar refractivity (Wildman–Crippen MR) is 76.0 cm³/mol. The molecule has 0 aliphatic heterocycles. The number of rotatable bonds is 6. The Balaban J connectivity index is 2.71. The van der Waals surface area contributed by atoms with Crippen LogP contribution >= 0.6 is 0 Å². The van der Waals surface area contributed by atoms with Crippen LogP contribution in [-0.2, 0) is 0 Å². The number of hydrogen-bond donors (Lipinski definition) is 3. The molecule has 0 amide bonds. The van der Waals surface area contributed by atoms with Crippen molar-refractivity contribution in [3.05, 3.63) is 0 Å². The van der Waals surface area contributed by atoms with Crippen molar-refractivity contribution in [2.24, 2.45) is 11.3 Å². The molecule has 0 aliphatic carbocycles. The molecule has 0 saturated carbocycles. The van der Waals surface area contributed by atoms with E-state index in [9.17, 15) is 0 Å². The zero-order valence-electron chi connectivity index (χ0n) is 12.3. The van der Waals surface area contributed by atoms with Gasteiger partial charge in [0.1, 0.15) is 0 Å². The molecule has 0 spiro atoms. The fourth-order valence-electron chi connectivity index (χ4n) is 1.31. The smallest absolute Gasteiger partial charge is 0.323 e. The predicted octanol–water partition coefficient (Wildman–Crippen LogP) is 1.79. The molecule has 7 heteroatoms. The van der Waals surface area contributed by atoms with Crippen molar-refractivity contribution >= 4 is 11.9 Å². The van der Waals surface area contributed by atoms with Gasteiger partial charge in [-0.2, -0.15) is 15.0 Å². The number of nitrogens with two attached hydrogens (primary N) is 1. The van der Waals surface area contributed by atoms with Crippen LogP contribution in [0.15, 0.2) is 0 Å². The number of nitrogens with zero attached hydrogens (tertiary/aromatic N) is 3. The Bertz CT molecular complexity index is 402. The molecule has 1 aromatic heterocycles. The summed E-state index contributed by atoms with van der Waals surface area (Å²) in [6.07, 6.45) is 1.00. The van der Waals surface area contributed by atoms with Gasteiger partial charge in [0.15, 0.2) is 0 Å². The van der Waals surface area contributed by atoms with Crippen molar-refractivity contribution in [3.63, 3.8) is 0 Å². The average molecular weight is 268 g/mol. The van der Waals surface area contributed by atoms with Gasteiger partial charge >= 0.3 is 6.01 Å². The number of anilines is 2. The minimum absolute atomic E-state index is 0.00421. The number of ether oxygens (including phenoxy) is 1. The fourth-order valence-corrected chi connectivity index (χ4v) is 1.31. The topological polar surface area (TPSA) is 98.0 Å². The lowest BCUT2D eigenvalue weighted by molar-refractivity contribution is 0.222. The Hall–Kier alpha value is -1.63. The van der Waals surface area contributed by atoms with E-state index in [1.807, 2.05) is 13.8 Å². The van der Waals surface area contributed by atoms with Gasteiger partial charge in [-0.05, 0) is 25.7 Å². The average Bonchev–Trinajstić information content (AvgIpc) is 2.26. The van der Waals surface area contributed by atoms with E-state index in [-0.39, 0.29) is 23.5 Å². The lowest BCUT2D eigenvalue weighted by Gasteiger charge is -2.18. The van der Waals surface area contributed by atoms with Crippen LogP contribution in [0.4, 0.5) is 11.9 Å². The van der Waals surface area contributed by atoms with E-state index in [0.29, 0.717) is 5.95 Å². The van der Waals surface area contributed by atoms with Crippen molar-refractivity contribution in [1.82, 2.24) is 15.0 Å². The van der Waals surface area contributed by atoms with Gasteiger partial charge in [-0.25, -0.2) is 5.84 Å². The first kappa shape index (κ1) is 15.4. The number of hydrazine groups is 1. The fraction of sp³-hybridized carbons (Fsp3) is 0.750. The third kappa shape index (κ3) is 6.19. The summed E-state index contributed by atoms with van der Waals surface area (Å²) in [6.45, 7) is 11.1. The van der Waals surface area contributed by atoms with Gasteiger partial charge in [0, 0.05) is 6.54 Å². The quantitative estimate of drug-likeness (QED) is 0.534. The summed E-state index contributed by atoms with van der Waals surface area (Å²) in [7, 11) is 0. The van der Waals surface area contributed by atoms with E-state index in [0.717, 1.165) is 13.0 Å². The molecule has 1 rings (SSSR count). The zero-order chi connectivity index (χ0) is 14.5. The van der Waals surface area contributed by atoms with Crippen LogP contribution in [-0.4, -0.2) is 27.6 Å². The van der Waals surface area contributed by atoms with Gasteiger partial charge in [0.2, 0.25) is 11.9 Å². The van der Waals surface area contributed by atoms with Crippen molar-refractivity contribution in [1.29, 1.82) is 0 Å². The van der Waals surface area contributed by atoms with Crippen LogP contribution in [0, 0.1) is 5.41 Å². The standard InChI is InChI=1S/C12H24N6O/c1-8(2)19-11-16-9(15-10(17-11)18-13)14-7-6-12(3,4)5/h8H,6-7,13H2,1-5H3,(H2,14,15,16,17,18). The van der Waals surface area contributed by atoms with Gasteiger partial charge in [-0.1, -0.05) is 20.8 Å². The minimum Gasteiger partial charge on any atom is -0.461 e. The SMILES string of the molecule is CC(C)Oc1nc(NN)nc(NCCC(C)(C)C)n1. The second-order valence-corrected chi connectivity index (χ2v) is 5.81. The molecule has 0 aromatic carbocycles. The number of nitrogens with one attached hydrogen (secondary N) is 2. The van der Waals surface area contributed by atoms with Crippen LogP contribution in [0.5, 0.6) is 6.01 Å². The van der Waals surface area contributed by atoms with Crippen molar-refractivity contribution in [3.8, 4) is 6.01 Å². The minimum atomic E-state index is -0.00421. The molecule has 4 N–H and O–H groups in total. The van der Waals surface area contributed by atoms with Crippen LogP contribution in [0.25, 0.3) is 0 Å². The highest BCUT2D eigenvalue weighted by Gasteiger charge is 2.11. The van der Waals surface area contributed by atoms with Crippen molar-refractivity contribution < 1.29 is 4.74 Å². The third-order valence-corrected chi connectivity index (χ3v) is 2.24. The Labute approximate surface area is 114 Å². The Morgan fingerprint density at radius 3 is 2.32 bits per heavy atom. The van der Waals surface area contributed by atoms with E-state index in [1.54, 1.807) is 0 Å². The van der Waals surface area contributed by atoms with Crippen LogP contribution in [0.2, 0.25) is 0 Å². The highest BCUT2D eigenvalue weighted by Crippen LogP contribution is 2.18. The maximum atomic E-state index is 5.45. The van der Waals surface area contributed by atoms with Crippen LogP contribution in [0.1, 0.15) is 41.0 Å². The van der Waals surface area contributed by atoms with Crippen LogP contribution < -0.4 is 21.3 Å². The highest BCUT2D eigenvalue weighted by atomic mass is 16.5. The summed E-state index contributed by atoms with van der Waals surface area (Å²) < 4.78 is 5.45. The zero-order valence-corrected chi connectivity index (χ0v) is 12.3. The van der Waals surface area contributed by atoms with Crippen molar-refractivity contribution in [2.45, 2.75) is 47.1 Å². The lowest BCUT2D eigenvalue weighted by Crippen LogP contribution is -2.18. The summed E-state index contributed by atoms with van der Waals surface area (Å²) in [5.74, 6) is 6.07. The molecule has 1 heterocycles. The first-order chi connectivity index (χ1) is 8.80. The molecule has 1 aromatic rings. The Morgan fingerprint density at radius 2 is 1.79 bits per heavy atom. The molecule has 0 radical (unpaired) electrons. The normalized spacial score (nSPS) is 11.5. The maximum Gasteiger partial charge on any atom is 0.323 e. The van der Waals surface area contributed by atoms with Gasteiger partial charge in [0.05, 0.1) is 6.10 Å². The second-order valence-electron chi connectivity index (χ2n) is 5.81. The Morgan fingerprint density at radius 1 is 1.16 bits per heavy atom. The number of aromatic nitrogens is 3. The number of hydrogen-bond acceptors (Lipinski definition) is 7. The van der Waals surface area contributed by atoms with E-state index >= 15 is 0 Å². The van der Waals surface area contributed by atoms with E-state index in [1.165, 1.54) is 0 Å². The first-order valence-electron chi connectivity index (χ1n) is 6.43. The molecule has 0 atom stereocenters. The largest absolute Gasteiger partial charge is 0.461 e. The van der Waals surface area contributed by atoms with Gasteiger partial charge in [-0.15, -0.1) is 0 Å². The maximum absolute atomic E-state index is 5.45. The molecule has 0 saturated heterocycles. The molecule has 19 heavy (non-hydrogen) atoms. The first-order valence-corrected chi connectivity index (χ1v) is 6.43. The molecular formula is C12H24N6O. The monoisotopic (exact) mass is 268 g/mol. The van der Waals surface area contributed by atoms with E-state index in [2.05, 4.69) is 46.5 Å². The second kappa shape index (κ2) is 6.51. The summed E-state index contributed by atoms with van der Waals surface area (Å²) in [5, 5.41) is 3.15. The summed E-state index contributed by atoms with van der Waals surface area (Å²) in [4.78, 5) is 12.3. The Kier molecular flexibility index (Phi) is 5.29. The van der Waals surface area contributed by atoms with Gasteiger partial charge < -0.3 is 10.1 Å². The van der Waals surface area contributed by atoms with E-state index < -0.39 is 0 Å². The molecule has 0 aliphatic rings. The summed E-state index contributed by atoms with van der Waals surface area (Å²) in [5.41, 5.74) is 2.66. The molecule has 0 unspecified atom stereocenters. The summed E-state index contributed by atoms with van der Waals surface area (Å²) in [6, 6.07) is 0.260. The van der Waals surface area contributed by atoms with Gasteiger partial charge in [-0.3, -0.25) is 5.43 Å². The molecule has 7 nitrogen and oxygen atoms in total.